The zero-order chi connectivity index (χ0) is 16.8. The Morgan fingerprint density at radius 1 is 1.35 bits per heavy atom. The quantitative estimate of drug-likeness (QED) is 0.246. The highest BCUT2D eigenvalue weighted by atomic mass is 35.5. The van der Waals surface area contributed by atoms with E-state index in [-0.39, 0.29) is 0 Å². The minimum absolute atomic E-state index is 0.475. The second-order valence-electron chi connectivity index (χ2n) is 4.86. The van der Waals surface area contributed by atoms with Gasteiger partial charge in [0.15, 0.2) is 0 Å². The third kappa shape index (κ3) is 4.92. The summed E-state index contributed by atoms with van der Waals surface area (Å²) in [7, 11) is 0. The van der Waals surface area contributed by atoms with E-state index in [2.05, 4.69) is 33.5 Å². The molecule has 0 amide bonds. The van der Waals surface area contributed by atoms with Crippen LogP contribution in [0.2, 0.25) is 5.02 Å². The third-order valence-corrected chi connectivity index (χ3v) is 3.88. The van der Waals surface area contributed by atoms with Gasteiger partial charge in [-0.15, -0.1) is 0 Å². The van der Waals surface area contributed by atoms with Crippen molar-refractivity contribution in [1.82, 2.24) is 10.4 Å². The van der Waals surface area contributed by atoms with Crippen LogP contribution in [0.3, 0.4) is 0 Å². The summed E-state index contributed by atoms with van der Waals surface area (Å²) in [5, 5.41) is 8.01. The van der Waals surface area contributed by atoms with E-state index in [1.807, 2.05) is 44.2 Å². The molecule has 0 radical (unpaired) electrons. The van der Waals surface area contributed by atoms with Crippen molar-refractivity contribution in [3.63, 3.8) is 0 Å². The third-order valence-electron chi connectivity index (χ3n) is 3.16. The van der Waals surface area contributed by atoms with E-state index in [1.165, 1.54) is 0 Å². The zero-order valence-corrected chi connectivity index (χ0v) is 15.3. The number of hydrazone groups is 1. The Morgan fingerprint density at radius 2 is 2.13 bits per heavy atom. The summed E-state index contributed by atoms with van der Waals surface area (Å²) >= 11 is 15.5. The van der Waals surface area contributed by atoms with E-state index in [0.717, 1.165) is 28.2 Å². The van der Waals surface area contributed by atoms with Crippen LogP contribution in [0.1, 0.15) is 23.7 Å². The molecule has 0 aliphatic heterocycles. The molecular weight excluding hydrogens is 348 g/mol. The molecule has 0 saturated heterocycles. The Labute approximate surface area is 151 Å². The van der Waals surface area contributed by atoms with E-state index in [9.17, 15) is 0 Å². The highest BCUT2D eigenvalue weighted by Gasteiger charge is 2.06. The molecule has 0 fully saturated rings. The van der Waals surface area contributed by atoms with Crippen molar-refractivity contribution in [3.05, 3.63) is 58.4 Å². The molecule has 0 aliphatic carbocycles. The second-order valence-corrected chi connectivity index (χ2v) is 6.02. The number of aryl methyl sites for hydroxylation is 1. The average molecular weight is 365 g/mol. The first-order valence-corrected chi connectivity index (χ1v) is 8.35. The zero-order valence-electron chi connectivity index (χ0n) is 12.8. The van der Waals surface area contributed by atoms with E-state index in [0.29, 0.717) is 15.9 Å². The summed E-state index contributed by atoms with van der Waals surface area (Å²) in [4.78, 5) is 4.98. The van der Waals surface area contributed by atoms with Crippen LogP contribution in [0.4, 0.5) is 5.69 Å². The number of anilines is 1. The Kier molecular flexibility index (Phi) is 6.38. The summed E-state index contributed by atoms with van der Waals surface area (Å²) < 4.78 is 0. The number of hydrogen-bond acceptors (Lipinski definition) is 5. The number of benzene rings is 1. The molecule has 0 bridgehead atoms. The number of halogens is 1. The monoisotopic (exact) mass is 364 g/mol. The Morgan fingerprint density at radius 3 is 2.78 bits per heavy atom. The highest BCUT2D eigenvalue weighted by molar-refractivity contribution is 7.81. The van der Waals surface area contributed by atoms with Crippen molar-refractivity contribution in [3.8, 4) is 0 Å². The van der Waals surface area contributed by atoms with Gasteiger partial charge in [-0.2, -0.15) is 17.7 Å². The van der Waals surface area contributed by atoms with Crippen molar-refractivity contribution in [2.24, 2.45) is 5.10 Å². The lowest BCUT2D eigenvalue weighted by atomic mass is 10.2. The van der Waals surface area contributed by atoms with Gasteiger partial charge in [0, 0.05) is 22.5 Å². The smallest absolute Gasteiger partial charge is 0.112 e. The molecule has 1 aromatic heterocycles. The van der Waals surface area contributed by atoms with Gasteiger partial charge in [0.1, 0.15) is 4.99 Å². The van der Waals surface area contributed by atoms with E-state index in [1.54, 1.807) is 6.20 Å². The largest absolute Gasteiger partial charge is 0.346 e. The lowest BCUT2D eigenvalue weighted by Gasteiger charge is -2.11. The molecule has 2 aromatic rings. The lowest BCUT2D eigenvalue weighted by molar-refractivity contribution is 0.873. The number of hydrogen-bond donors (Lipinski definition) is 3. The maximum absolute atomic E-state index is 6.02. The highest BCUT2D eigenvalue weighted by Crippen LogP contribution is 2.21. The van der Waals surface area contributed by atoms with Gasteiger partial charge in [-0.1, -0.05) is 29.9 Å². The summed E-state index contributed by atoms with van der Waals surface area (Å²) in [6.07, 6.45) is 1.73. The van der Waals surface area contributed by atoms with Crippen LogP contribution < -0.4 is 10.7 Å². The maximum atomic E-state index is 6.02. The minimum Gasteiger partial charge on any atom is -0.346 e. The summed E-state index contributed by atoms with van der Waals surface area (Å²) in [6, 6.07) is 9.45. The van der Waals surface area contributed by atoms with Crippen LogP contribution in [-0.2, 0) is 0 Å². The average Bonchev–Trinajstić information content (AvgIpc) is 2.56. The molecule has 120 valence electrons. The van der Waals surface area contributed by atoms with Crippen LogP contribution in [0.5, 0.6) is 0 Å². The predicted molar refractivity (Wildman–Crippen MR) is 105 cm³/mol. The topological polar surface area (TPSA) is 49.3 Å². The fourth-order valence-electron chi connectivity index (χ4n) is 1.88. The SMILES string of the molecule is CC(=NNCS)c1ccc(C(=S)Nc2cc(Cl)ccc2C)cn1. The lowest BCUT2D eigenvalue weighted by Crippen LogP contribution is -2.13. The molecule has 7 heteroatoms. The molecule has 0 unspecified atom stereocenters. The van der Waals surface area contributed by atoms with Gasteiger partial charge < -0.3 is 10.7 Å². The summed E-state index contributed by atoms with van der Waals surface area (Å²) in [5.74, 6) is 0.475. The number of rotatable bonds is 5. The Bertz CT molecular complexity index is 729. The molecule has 0 atom stereocenters. The van der Waals surface area contributed by atoms with Crippen LogP contribution in [0.15, 0.2) is 41.6 Å². The Hall–Kier alpha value is -1.63. The van der Waals surface area contributed by atoms with Crippen molar-refractivity contribution in [2.45, 2.75) is 13.8 Å². The van der Waals surface area contributed by atoms with Gasteiger partial charge in [-0.25, -0.2) is 0 Å². The fourth-order valence-corrected chi connectivity index (χ4v) is 2.35. The van der Waals surface area contributed by atoms with Crippen molar-refractivity contribution < 1.29 is 0 Å². The van der Waals surface area contributed by atoms with Gasteiger partial charge >= 0.3 is 0 Å². The molecule has 2 rings (SSSR count). The van der Waals surface area contributed by atoms with Crippen molar-refractivity contribution >= 4 is 52.8 Å². The minimum atomic E-state index is 0.475. The number of nitrogens with zero attached hydrogens (tertiary/aromatic N) is 2. The second kappa shape index (κ2) is 8.29. The Balaban J connectivity index is 2.13. The number of thiol groups is 1. The van der Waals surface area contributed by atoms with E-state index >= 15 is 0 Å². The van der Waals surface area contributed by atoms with Crippen molar-refractivity contribution in [2.75, 3.05) is 11.2 Å². The first-order valence-electron chi connectivity index (χ1n) is 6.93. The number of thiocarbonyl (C=S) groups is 1. The normalized spacial score (nSPS) is 11.2. The van der Waals surface area contributed by atoms with Crippen LogP contribution in [-0.4, -0.2) is 21.6 Å². The van der Waals surface area contributed by atoms with Crippen LogP contribution in [0.25, 0.3) is 0 Å². The van der Waals surface area contributed by atoms with Gasteiger partial charge in [-0.3, -0.25) is 4.98 Å². The molecule has 1 aromatic carbocycles. The summed E-state index contributed by atoms with van der Waals surface area (Å²) in [6.45, 7) is 3.88. The van der Waals surface area contributed by atoms with Gasteiger partial charge in [-0.05, 0) is 43.7 Å². The first-order chi connectivity index (χ1) is 11.0. The molecule has 23 heavy (non-hydrogen) atoms. The molecule has 1 heterocycles. The summed E-state index contributed by atoms with van der Waals surface area (Å²) in [5.41, 5.74) is 7.15. The first kappa shape index (κ1) is 17.7. The standard InChI is InChI=1S/C16H17ClN4S2/c1-10-3-5-13(17)7-15(10)20-16(23)12-4-6-14(18-8-12)11(2)21-19-9-22/h3-8,19,22H,9H2,1-2H3,(H,20,23). The van der Waals surface area contributed by atoms with Gasteiger partial charge in [0.05, 0.1) is 17.3 Å². The van der Waals surface area contributed by atoms with Crippen LogP contribution in [0, 0.1) is 6.92 Å². The number of pyridine rings is 1. The maximum Gasteiger partial charge on any atom is 0.112 e. The van der Waals surface area contributed by atoms with Gasteiger partial charge in [0.25, 0.3) is 0 Å². The molecule has 2 N–H and O–H groups in total. The van der Waals surface area contributed by atoms with E-state index in [4.69, 9.17) is 23.8 Å². The number of aromatic nitrogens is 1. The molecule has 0 saturated carbocycles. The molecule has 0 aliphatic rings. The van der Waals surface area contributed by atoms with Crippen molar-refractivity contribution in [1.29, 1.82) is 0 Å². The van der Waals surface area contributed by atoms with Crippen LogP contribution >= 0.6 is 36.4 Å². The molecular formula is C16H17ClN4S2. The molecule has 4 nitrogen and oxygen atoms in total. The number of nitrogens with one attached hydrogen (secondary N) is 2. The van der Waals surface area contributed by atoms with E-state index < -0.39 is 0 Å². The molecule has 0 spiro atoms. The van der Waals surface area contributed by atoms with Gasteiger partial charge in [0.2, 0.25) is 0 Å². The predicted octanol–water partition coefficient (Wildman–Crippen LogP) is 4.03. The fraction of sp³-hybridized carbons (Fsp3) is 0.188.